The molecule has 0 saturated carbocycles. The third-order valence-electron chi connectivity index (χ3n) is 3.55. The Morgan fingerprint density at radius 1 is 1.39 bits per heavy atom. The van der Waals surface area contributed by atoms with Crippen LogP contribution in [-0.2, 0) is 13.5 Å². The Kier molecular flexibility index (Phi) is 2.81. The Bertz CT molecular complexity index is 653. The number of rotatable bonds is 2. The van der Waals surface area contributed by atoms with Crippen LogP contribution in [-0.4, -0.2) is 20.7 Å². The van der Waals surface area contributed by atoms with Crippen molar-refractivity contribution in [2.24, 2.45) is 7.05 Å². The fraction of sp³-hybridized carbons (Fsp3) is 0.357. The van der Waals surface area contributed by atoms with Crippen LogP contribution < -0.4 is 0 Å². The average molecular weight is 247 g/mol. The first kappa shape index (κ1) is 12.5. The quantitative estimate of drug-likeness (QED) is 0.857. The van der Waals surface area contributed by atoms with Crippen LogP contribution in [0.1, 0.15) is 34.1 Å². The molecule has 4 nitrogen and oxygen atoms in total. The fourth-order valence-electron chi connectivity index (χ4n) is 2.71. The van der Waals surface area contributed by atoms with E-state index in [4.69, 9.17) is 0 Å². The van der Waals surface area contributed by atoms with Crippen LogP contribution in [0.4, 0.5) is 0 Å². The minimum atomic E-state index is -0.939. The Balaban J connectivity index is 3.10. The number of carboxylic acid groups (broad SMARTS) is 1. The van der Waals surface area contributed by atoms with Crippen molar-refractivity contribution in [2.75, 3.05) is 0 Å². The van der Waals surface area contributed by atoms with Gasteiger partial charge < -0.3 is 14.8 Å². The molecular weight excluding hydrogens is 230 g/mol. The summed E-state index contributed by atoms with van der Waals surface area (Å²) >= 11 is 0. The van der Waals surface area contributed by atoms with Gasteiger partial charge in [0.05, 0.1) is 11.1 Å². The number of phenols is 1. The minimum absolute atomic E-state index is 0.149. The van der Waals surface area contributed by atoms with Gasteiger partial charge in [0.25, 0.3) is 0 Å². The topological polar surface area (TPSA) is 62.5 Å². The second kappa shape index (κ2) is 4.05. The smallest absolute Gasteiger partial charge is 0.338 e. The maximum Gasteiger partial charge on any atom is 0.338 e. The van der Waals surface area contributed by atoms with Crippen molar-refractivity contribution in [2.45, 2.75) is 27.2 Å². The fourth-order valence-corrected chi connectivity index (χ4v) is 2.71. The van der Waals surface area contributed by atoms with E-state index < -0.39 is 5.97 Å². The molecule has 2 N–H and O–H groups in total. The van der Waals surface area contributed by atoms with Crippen molar-refractivity contribution in [3.8, 4) is 5.75 Å². The van der Waals surface area contributed by atoms with Gasteiger partial charge >= 0.3 is 5.97 Å². The molecule has 4 heteroatoms. The van der Waals surface area contributed by atoms with E-state index >= 15 is 0 Å². The molecular formula is C14H17NO3. The zero-order chi connectivity index (χ0) is 13.6. The van der Waals surface area contributed by atoms with Crippen LogP contribution in [0.2, 0.25) is 0 Å². The Hall–Kier alpha value is -1.97. The number of hydrogen-bond donors (Lipinski definition) is 2. The Labute approximate surface area is 105 Å². The second-order valence-electron chi connectivity index (χ2n) is 4.60. The highest BCUT2D eigenvalue weighted by molar-refractivity contribution is 6.08. The van der Waals surface area contributed by atoms with E-state index in [1.165, 1.54) is 0 Å². The van der Waals surface area contributed by atoms with Crippen LogP contribution in [0.5, 0.6) is 5.75 Å². The van der Waals surface area contributed by atoms with Gasteiger partial charge in [0, 0.05) is 23.7 Å². The number of aromatic carboxylic acids is 1. The summed E-state index contributed by atoms with van der Waals surface area (Å²) in [5.41, 5.74) is 3.50. The molecule has 0 radical (unpaired) electrons. The summed E-state index contributed by atoms with van der Waals surface area (Å²) in [6.45, 7) is 5.57. The average Bonchev–Trinajstić information content (AvgIpc) is 2.59. The first-order valence-corrected chi connectivity index (χ1v) is 5.93. The number of aryl methyl sites for hydroxylation is 3. The molecule has 0 amide bonds. The predicted molar refractivity (Wildman–Crippen MR) is 70.4 cm³/mol. The van der Waals surface area contributed by atoms with E-state index in [1.54, 1.807) is 13.0 Å². The summed E-state index contributed by atoms with van der Waals surface area (Å²) in [6.07, 6.45) is 0.645. The van der Waals surface area contributed by atoms with Crippen LogP contribution in [0.25, 0.3) is 10.9 Å². The van der Waals surface area contributed by atoms with Crippen molar-refractivity contribution in [3.05, 3.63) is 28.5 Å². The molecule has 1 aromatic carbocycles. The highest BCUT2D eigenvalue weighted by atomic mass is 16.4. The second-order valence-corrected chi connectivity index (χ2v) is 4.60. The van der Waals surface area contributed by atoms with Gasteiger partial charge in [-0.3, -0.25) is 0 Å². The Morgan fingerprint density at radius 3 is 2.50 bits per heavy atom. The summed E-state index contributed by atoms with van der Waals surface area (Å²) < 4.78 is 1.92. The van der Waals surface area contributed by atoms with Crippen molar-refractivity contribution >= 4 is 16.9 Å². The normalized spacial score (nSPS) is 11.1. The molecule has 0 aliphatic rings. The van der Waals surface area contributed by atoms with E-state index in [1.807, 2.05) is 25.5 Å². The standard InChI is InChI=1S/C14H17NO3/c1-5-9-12(14(17)18)11-8(3)10(16)6-7(2)13(11)15(9)4/h6,16H,5H2,1-4H3,(H,17,18). The molecule has 0 bridgehead atoms. The number of nitrogens with zero attached hydrogens (tertiary/aromatic N) is 1. The number of aromatic hydroxyl groups is 1. The molecule has 96 valence electrons. The molecule has 2 rings (SSSR count). The summed E-state index contributed by atoms with van der Waals surface area (Å²) in [7, 11) is 1.87. The number of hydrogen-bond acceptors (Lipinski definition) is 2. The lowest BCUT2D eigenvalue weighted by molar-refractivity contribution is 0.0697. The maximum atomic E-state index is 11.5. The van der Waals surface area contributed by atoms with Gasteiger partial charge in [-0.1, -0.05) is 6.92 Å². The lowest BCUT2D eigenvalue weighted by Gasteiger charge is -2.06. The summed E-state index contributed by atoms with van der Waals surface area (Å²) in [5, 5.41) is 19.9. The van der Waals surface area contributed by atoms with E-state index in [0.717, 1.165) is 16.8 Å². The van der Waals surface area contributed by atoms with Gasteiger partial charge in [0.2, 0.25) is 0 Å². The van der Waals surface area contributed by atoms with E-state index in [0.29, 0.717) is 22.9 Å². The van der Waals surface area contributed by atoms with Crippen molar-refractivity contribution in [3.63, 3.8) is 0 Å². The lowest BCUT2D eigenvalue weighted by atomic mass is 10.0. The molecule has 0 saturated heterocycles. The third kappa shape index (κ3) is 1.49. The molecule has 1 heterocycles. The first-order valence-electron chi connectivity index (χ1n) is 5.93. The molecule has 0 unspecified atom stereocenters. The number of phenolic OH excluding ortho intramolecular Hbond substituents is 1. The predicted octanol–water partition coefficient (Wildman–Crippen LogP) is 2.76. The van der Waals surface area contributed by atoms with E-state index in [9.17, 15) is 15.0 Å². The van der Waals surface area contributed by atoms with Gasteiger partial charge in [0.15, 0.2) is 0 Å². The zero-order valence-corrected chi connectivity index (χ0v) is 11.0. The molecule has 18 heavy (non-hydrogen) atoms. The van der Waals surface area contributed by atoms with Gasteiger partial charge in [-0.05, 0) is 31.9 Å². The number of benzene rings is 1. The molecule has 0 aliphatic carbocycles. The Morgan fingerprint density at radius 2 is 2.00 bits per heavy atom. The highest BCUT2D eigenvalue weighted by Crippen LogP contribution is 2.35. The number of fused-ring (bicyclic) bond motifs is 1. The van der Waals surface area contributed by atoms with Gasteiger partial charge in [-0.25, -0.2) is 4.79 Å². The summed E-state index contributed by atoms with van der Waals surface area (Å²) in [4.78, 5) is 11.5. The first-order chi connectivity index (χ1) is 8.40. The molecule has 0 spiro atoms. The van der Waals surface area contributed by atoms with E-state index in [-0.39, 0.29) is 5.75 Å². The van der Waals surface area contributed by atoms with Crippen LogP contribution >= 0.6 is 0 Å². The maximum absolute atomic E-state index is 11.5. The SMILES string of the molecule is CCc1c(C(=O)O)c2c(C)c(O)cc(C)c2n1C. The molecule has 0 aliphatic heterocycles. The van der Waals surface area contributed by atoms with Crippen molar-refractivity contribution < 1.29 is 15.0 Å². The van der Waals surface area contributed by atoms with E-state index in [2.05, 4.69) is 0 Å². The molecule has 2 aromatic rings. The lowest BCUT2D eigenvalue weighted by Crippen LogP contribution is -2.03. The third-order valence-corrected chi connectivity index (χ3v) is 3.55. The van der Waals surface area contributed by atoms with Crippen molar-refractivity contribution in [1.82, 2.24) is 4.57 Å². The van der Waals surface area contributed by atoms with Gasteiger partial charge in [-0.2, -0.15) is 0 Å². The number of carboxylic acids is 1. The van der Waals surface area contributed by atoms with Crippen LogP contribution in [0.15, 0.2) is 6.07 Å². The van der Waals surface area contributed by atoms with Crippen LogP contribution in [0.3, 0.4) is 0 Å². The molecule has 0 fully saturated rings. The van der Waals surface area contributed by atoms with Gasteiger partial charge in [-0.15, -0.1) is 0 Å². The molecule has 0 atom stereocenters. The van der Waals surface area contributed by atoms with Gasteiger partial charge in [0.1, 0.15) is 5.75 Å². The van der Waals surface area contributed by atoms with Crippen molar-refractivity contribution in [1.29, 1.82) is 0 Å². The molecule has 1 aromatic heterocycles. The van der Waals surface area contributed by atoms with Crippen LogP contribution in [0, 0.1) is 13.8 Å². The highest BCUT2D eigenvalue weighted by Gasteiger charge is 2.23. The summed E-state index contributed by atoms with van der Waals surface area (Å²) in [6, 6.07) is 1.68. The number of aromatic nitrogens is 1. The zero-order valence-electron chi connectivity index (χ0n) is 11.0. The largest absolute Gasteiger partial charge is 0.508 e. The summed E-state index contributed by atoms with van der Waals surface area (Å²) in [5.74, 6) is -0.790. The number of carbonyl (C=O) groups is 1. The minimum Gasteiger partial charge on any atom is -0.508 e. The monoisotopic (exact) mass is 247 g/mol.